The molecule has 0 aliphatic heterocycles. The summed E-state index contributed by atoms with van der Waals surface area (Å²) < 4.78 is 35.2. The number of hydrogen-bond donors (Lipinski definition) is 0. The number of rotatable bonds is 9. The molecule has 1 aromatic heterocycles. The van der Waals surface area contributed by atoms with Crippen LogP contribution in [0, 0.1) is 6.92 Å². The molecule has 8 heteroatoms. The van der Waals surface area contributed by atoms with Gasteiger partial charge in [-0.15, -0.1) is 0 Å². The largest absolute Gasteiger partial charge is 0.497 e. The molecule has 0 fully saturated rings. The van der Waals surface area contributed by atoms with E-state index < -0.39 is 16.1 Å². The van der Waals surface area contributed by atoms with Crippen molar-refractivity contribution in [3.8, 4) is 11.4 Å². The Morgan fingerprint density at radius 1 is 1.03 bits per heavy atom. The minimum absolute atomic E-state index is 0.206. The molecule has 0 saturated heterocycles. The fourth-order valence-corrected chi connectivity index (χ4v) is 5.64. The fourth-order valence-electron chi connectivity index (χ4n) is 4.32. The van der Waals surface area contributed by atoms with Crippen LogP contribution in [-0.2, 0) is 16.4 Å². The third kappa shape index (κ3) is 5.31. The van der Waals surface area contributed by atoms with Crippen molar-refractivity contribution in [2.45, 2.75) is 51.0 Å². The maximum Gasteiger partial charge on any atom is 0.266 e. The van der Waals surface area contributed by atoms with E-state index in [2.05, 4.69) is 6.92 Å². The van der Waals surface area contributed by atoms with Crippen molar-refractivity contribution in [1.82, 2.24) is 13.9 Å². The average molecular weight is 520 g/mol. The number of aromatic nitrogens is 2. The van der Waals surface area contributed by atoms with Gasteiger partial charge in [-0.25, -0.2) is 13.4 Å². The summed E-state index contributed by atoms with van der Waals surface area (Å²) in [5.41, 5.74) is 2.92. The number of sulfonamides is 1. The summed E-state index contributed by atoms with van der Waals surface area (Å²) in [6, 6.07) is 18.8. The zero-order chi connectivity index (χ0) is 26.7. The van der Waals surface area contributed by atoms with Crippen LogP contribution in [0.2, 0.25) is 0 Å². The van der Waals surface area contributed by atoms with E-state index in [-0.39, 0.29) is 10.5 Å². The molecule has 0 saturated carbocycles. The van der Waals surface area contributed by atoms with Crippen LogP contribution < -0.4 is 10.3 Å². The molecule has 1 heterocycles. The fraction of sp³-hybridized carbons (Fsp3) is 0.310. The van der Waals surface area contributed by atoms with Gasteiger partial charge in [0.05, 0.1) is 34.6 Å². The summed E-state index contributed by atoms with van der Waals surface area (Å²) in [6.45, 7) is 5.80. The van der Waals surface area contributed by atoms with Crippen LogP contribution >= 0.6 is 0 Å². The van der Waals surface area contributed by atoms with Crippen molar-refractivity contribution in [2.24, 2.45) is 0 Å². The Morgan fingerprint density at radius 2 is 1.70 bits per heavy atom. The first kappa shape index (κ1) is 26.6. The van der Waals surface area contributed by atoms with Gasteiger partial charge < -0.3 is 4.74 Å². The van der Waals surface area contributed by atoms with Crippen LogP contribution in [0.15, 0.2) is 76.4 Å². The summed E-state index contributed by atoms with van der Waals surface area (Å²) in [7, 11) is -0.752. The Morgan fingerprint density at radius 3 is 2.32 bits per heavy atom. The SMILES string of the molecule is CCCCc1ccc(S(=O)(=O)N(C)C(C)c2nc3cc(C)ccc3c(=O)n2-c2ccc(OC)cc2)cc1. The average Bonchev–Trinajstić information content (AvgIpc) is 2.91. The summed E-state index contributed by atoms with van der Waals surface area (Å²) in [5, 5.41) is 0.463. The molecule has 0 N–H and O–H groups in total. The van der Waals surface area contributed by atoms with E-state index >= 15 is 0 Å². The number of aryl methyl sites for hydroxylation is 2. The maximum absolute atomic E-state index is 13.7. The Kier molecular flexibility index (Phi) is 7.80. The van der Waals surface area contributed by atoms with Crippen LogP contribution in [0.1, 0.15) is 49.7 Å². The maximum atomic E-state index is 13.7. The van der Waals surface area contributed by atoms with Gasteiger partial charge in [-0.2, -0.15) is 4.31 Å². The van der Waals surface area contributed by atoms with Crippen molar-refractivity contribution in [2.75, 3.05) is 14.2 Å². The number of unbranched alkanes of at least 4 members (excludes halogenated alkanes) is 1. The predicted octanol–water partition coefficient (Wildman–Crippen LogP) is 5.43. The second-order valence-corrected chi connectivity index (χ2v) is 11.3. The number of nitrogens with zero attached hydrogens (tertiary/aromatic N) is 3. The Hall–Kier alpha value is -3.49. The van der Waals surface area contributed by atoms with Gasteiger partial charge in [-0.3, -0.25) is 9.36 Å². The van der Waals surface area contributed by atoms with Crippen LogP contribution in [0.25, 0.3) is 16.6 Å². The highest BCUT2D eigenvalue weighted by Gasteiger charge is 2.30. The molecule has 4 rings (SSSR count). The molecule has 1 unspecified atom stereocenters. The van der Waals surface area contributed by atoms with Crippen molar-refractivity contribution in [1.29, 1.82) is 0 Å². The molecule has 0 amide bonds. The topological polar surface area (TPSA) is 81.5 Å². The third-order valence-corrected chi connectivity index (χ3v) is 8.66. The highest BCUT2D eigenvalue weighted by Crippen LogP contribution is 2.28. The van der Waals surface area contributed by atoms with E-state index in [1.807, 2.05) is 31.2 Å². The molecule has 37 heavy (non-hydrogen) atoms. The van der Waals surface area contributed by atoms with E-state index in [1.54, 1.807) is 56.5 Å². The van der Waals surface area contributed by atoms with Crippen molar-refractivity contribution in [3.63, 3.8) is 0 Å². The molecule has 0 spiro atoms. The highest BCUT2D eigenvalue weighted by atomic mass is 32.2. The summed E-state index contributed by atoms with van der Waals surface area (Å²) in [4.78, 5) is 18.7. The molecular formula is C29H33N3O4S. The lowest BCUT2D eigenvalue weighted by Gasteiger charge is -2.26. The van der Waals surface area contributed by atoms with E-state index in [0.717, 1.165) is 30.4 Å². The minimum Gasteiger partial charge on any atom is -0.497 e. The number of fused-ring (bicyclic) bond motifs is 1. The van der Waals surface area contributed by atoms with Gasteiger partial charge in [0.15, 0.2) is 0 Å². The van der Waals surface area contributed by atoms with E-state index in [9.17, 15) is 13.2 Å². The van der Waals surface area contributed by atoms with Crippen molar-refractivity contribution in [3.05, 3.63) is 94.0 Å². The van der Waals surface area contributed by atoms with Crippen LogP contribution in [0.4, 0.5) is 0 Å². The zero-order valence-electron chi connectivity index (χ0n) is 21.9. The third-order valence-electron chi connectivity index (χ3n) is 6.72. The van der Waals surface area contributed by atoms with Gasteiger partial charge in [0.2, 0.25) is 10.0 Å². The molecule has 0 aliphatic rings. The minimum atomic E-state index is -3.85. The number of hydrogen-bond acceptors (Lipinski definition) is 5. The Bertz CT molecular complexity index is 1560. The standard InChI is InChI=1S/C29H33N3O4S/c1-6-7-8-22-10-16-25(17-11-22)37(34,35)31(4)21(3)28-30-27-19-20(2)9-18-26(27)29(33)32(28)23-12-14-24(36-5)15-13-23/h9-19,21H,6-8H2,1-5H3. The number of benzene rings is 3. The molecular weight excluding hydrogens is 486 g/mol. The van der Waals surface area contributed by atoms with Crippen LogP contribution in [0.5, 0.6) is 5.75 Å². The quantitative estimate of drug-likeness (QED) is 0.295. The van der Waals surface area contributed by atoms with Gasteiger partial charge in [0.1, 0.15) is 11.6 Å². The van der Waals surface area contributed by atoms with Gasteiger partial charge in [-0.1, -0.05) is 31.5 Å². The van der Waals surface area contributed by atoms with Gasteiger partial charge in [0.25, 0.3) is 5.56 Å². The molecule has 0 radical (unpaired) electrons. The second-order valence-electron chi connectivity index (χ2n) is 9.27. The molecule has 3 aromatic carbocycles. The van der Waals surface area contributed by atoms with Gasteiger partial charge in [0, 0.05) is 7.05 Å². The molecule has 7 nitrogen and oxygen atoms in total. The van der Waals surface area contributed by atoms with E-state index in [4.69, 9.17) is 9.72 Å². The van der Waals surface area contributed by atoms with Crippen LogP contribution in [0.3, 0.4) is 0 Å². The molecule has 0 bridgehead atoms. The lowest BCUT2D eigenvalue weighted by Crippen LogP contribution is -2.35. The first-order valence-electron chi connectivity index (χ1n) is 12.4. The normalized spacial score (nSPS) is 12.7. The molecule has 4 aromatic rings. The van der Waals surface area contributed by atoms with Gasteiger partial charge >= 0.3 is 0 Å². The first-order chi connectivity index (χ1) is 17.7. The zero-order valence-corrected chi connectivity index (χ0v) is 22.7. The lowest BCUT2D eigenvalue weighted by molar-refractivity contribution is 0.379. The van der Waals surface area contributed by atoms with Crippen molar-refractivity contribution >= 4 is 20.9 Å². The van der Waals surface area contributed by atoms with Gasteiger partial charge in [-0.05, 0) is 86.3 Å². The Balaban J connectivity index is 1.82. The monoisotopic (exact) mass is 519 g/mol. The molecule has 1 atom stereocenters. The summed E-state index contributed by atoms with van der Waals surface area (Å²) >= 11 is 0. The summed E-state index contributed by atoms with van der Waals surface area (Å²) in [5.74, 6) is 0.983. The smallest absolute Gasteiger partial charge is 0.266 e. The first-order valence-corrected chi connectivity index (χ1v) is 13.9. The predicted molar refractivity (Wildman–Crippen MR) is 147 cm³/mol. The lowest BCUT2D eigenvalue weighted by atomic mass is 10.1. The second kappa shape index (κ2) is 10.9. The number of ether oxygens (including phenoxy) is 1. The van der Waals surface area contributed by atoms with E-state index in [0.29, 0.717) is 28.2 Å². The van der Waals surface area contributed by atoms with Crippen molar-refractivity contribution < 1.29 is 13.2 Å². The van der Waals surface area contributed by atoms with E-state index in [1.165, 1.54) is 15.9 Å². The Labute approximate surface area is 218 Å². The highest BCUT2D eigenvalue weighted by molar-refractivity contribution is 7.89. The number of methoxy groups -OCH3 is 1. The molecule has 194 valence electrons. The molecule has 0 aliphatic carbocycles. The van der Waals surface area contributed by atoms with Crippen LogP contribution in [-0.4, -0.2) is 36.4 Å². The summed E-state index contributed by atoms with van der Waals surface area (Å²) in [6.07, 6.45) is 3.05.